The van der Waals surface area contributed by atoms with E-state index in [4.69, 9.17) is 4.74 Å². The van der Waals surface area contributed by atoms with Crippen LogP contribution in [-0.2, 0) is 10.2 Å². The number of amides is 1. The third-order valence-corrected chi connectivity index (χ3v) is 4.19. The molecule has 1 N–H and O–H groups in total. The number of anilines is 1. The molecule has 0 fully saturated rings. The fourth-order valence-corrected chi connectivity index (χ4v) is 3.42. The fraction of sp³-hybridized carbons (Fsp3) is 0.500. The number of nitrogens with zero attached hydrogens (tertiary/aromatic N) is 2. The minimum atomic E-state index is -0.246. The summed E-state index contributed by atoms with van der Waals surface area (Å²) in [5.41, 5.74) is 3.19. The number of benzene rings is 1. The number of rotatable bonds is 6. The molecular formula is C18H25N3O2S. The van der Waals surface area contributed by atoms with Crippen LogP contribution in [0.4, 0.5) is 5.13 Å². The monoisotopic (exact) mass is 347 g/mol. The maximum absolute atomic E-state index is 11.8. The lowest BCUT2D eigenvalue weighted by molar-refractivity contribution is -0.118. The van der Waals surface area contributed by atoms with E-state index < -0.39 is 0 Å². The molecule has 24 heavy (non-hydrogen) atoms. The molecule has 0 aliphatic rings. The molecule has 0 atom stereocenters. The van der Waals surface area contributed by atoms with Gasteiger partial charge in [0.2, 0.25) is 5.13 Å². The molecule has 1 aromatic heterocycles. The summed E-state index contributed by atoms with van der Waals surface area (Å²) in [4.78, 5) is 11.8. The van der Waals surface area contributed by atoms with E-state index in [0.717, 1.165) is 6.42 Å². The molecule has 0 spiro atoms. The zero-order valence-electron chi connectivity index (χ0n) is 14.9. The largest absolute Gasteiger partial charge is 0.484 e. The summed E-state index contributed by atoms with van der Waals surface area (Å²) in [5.74, 6) is 0.432. The summed E-state index contributed by atoms with van der Waals surface area (Å²) >= 11 is 1.27. The zero-order valence-corrected chi connectivity index (χ0v) is 15.7. The molecule has 0 bridgehead atoms. The van der Waals surface area contributed by atoms with E-state index in [-0.39, 0.29) is 23.3 Å². The van der Waals surface area contributed by atoms with Crippen LogP contribution in [0.25, 0.3) is 0 Å². The predicted octanol–water partition coefficient (Wildman–Crippen LogP) is 4.27. The molecule has 6 heteroatoms. The summed E-state index contributed by atoms with van der Waals surface area (Å²) in [5, 5.41) is 10.5. The van der Waals surface area contributed by atoms with Crippen LogP contribution in [-0.4, -0.2) is 22.7 Å². The quantitative estimate of drug-likeness (QED) is 0.847. The molecule has 2 aromatic rings. The third-order valence-electron chi connectivity index (χ3n) is 3.58. The fourth-order valence-electron chi connectivity index (χ4n) is 2.96. The van der Waals surface area contributed by atoms with Gasteiger partial charge in [-0.15, -0.1) is 10.2 Å². The van der Waals surface area contributed by atoms with E-state index in [1.165, 1.54) is 16.9 Å². The van der Waals surface area contributed by atoms with Crippen molar-refractivity contribution in [3.63, 3.8) is 0 Å². The van der Waals surface area contributed by atoms with E-state index in [2.05, 4.69) is 62.3 Å². The second-order valence-electron chi connectivity index (χ2n) is 7.73. The van der Waals surface area contributed by atoms with Gasteiger partial charge in [0.05, 0.1) is 0 Å². The van der Waals surface area contributed by atoms with Crippen LogP contribution in [0.15, 0.2) is 29.8 Å². The van der Waals surface area contributed by atoms with Crippen LogP contribution in [0.2, 0.25) is 0 Å². The lowest BCUT2D eigenvalue weighted by Crippen LogP contribution is -2.24. The maximum atomic E-state index is 11.8. The third kappa shape index (κ3) is 5.60. The van der Waals surface area contributed by atoms with Crippen LogP contribution in [0, 0.1) is 5.41 Å². The molecule has 1 aromatic carbocycles. The normalized spacial score (nSPS) is 12.0. The first-order valence-electron chi connectivity index (χ1n) is 7.95. The molecule has 1 heterocycles. The number of carbonyl (C=O) groups is 1. The smallest absolute Gasteiger partial charge is 0.264 e. The Balaban J connectivity index is 1.91. The van der Waals surface area contributed by atoms with Crippen LogP contribution in [0.5, 0.6) is 5.75 Å². The second kappa shape index (κ2) is 7.30. The molecule has 0 radical (unpaired) electrons. The van der Waals surface area contributed by atoms with Crippen molar-refractivity contribution >= 4 is 22.4 Å². The lowest BCUT2D eigenvalue weighted by atomic mass is 9.72. The standard InChI is InChI=1S/C18H25N3O2S/c1-17(2,3)11-18(4,5)13-6-8-14(9-7-13)23-10-15(22)20-16-21-19-12-24-16/h6-9,12H,10-11H2,1-5H3,(H,20,21,22). The lowest BCUT2D eigenvalue weighted by Gasteiger charge is -2.33. The van der Waals surface area contributed by atoms with Crippen LogP contribution < -0.4 is 10.1 Å². The summed E-state index contributed by atoms with van der Waals surface area (Å²) in [6, 6.07) is 7.98. The van der Waals surface area contributed by atoms with Crippen molar-refractivity contribution in [2.75, 3.05) is 11.9 Å². The van der Waals surface area contributed by atoms with Crippen molar-refractivity contribution < 1.29 is 9.53 Å². The van der Waals surface area contributed by atoms with E-state index in [9.17, 15) is 4.79 Å². The first kappa shape index (κ1) is 18.4. The average molecular weight is 347 g/mol. The van der Waals surface area contributed by atoms with Crippen molar-refractivity contribution in [2.24, 2.45) is 5.41 Å². The van der Waals surface area contributed by atoms with Gasteiger partial charge in [-0.25, -0.2) is 0 Å². The number of hydrogen-bond acceptors (Lipinski definition) is 5. The van der Waals surface area contributed by atoms with Gasteiger partial charge in [-0.2, -0.15) is 0 Å². The van der Waals surface area contributed by atoms with Gasteiger partial charge in [-0.1, -0.05) is 58.1 Å². The maximum Gasteiger partial charge on any atom is 0.264 e. The minimum absolute atomic E-state index is 0.0513. The topological polar surface area (TPSA) is 64.1 Å². The van der Waals surface area contributed by atoms with Crippen molar-refractivity contribution in [1.82, 2.24) is 10.2 Å². The number of aromatic nitrogens is 2. The highest BCUT2D eigenvalue weighted by atomic mass is 32.1. The molecular weight excluding hydrogens is 322 g/mol. The molecule has 2 rings (SSSR count). The molecule has 130 valence electrons. The first-order valence-corrected chi connectivity index (χ1v) is 8.83. The molecule has 0 unspecified atom stereocenters. The highest BCUT2D eigenvalue weighted by molar-refractivity contribution is 7.13. The van der Waals surface area contributed by atoms with Crippen LogP contribution in [0.1, 0.15) is 46.6 Å². The van der Waals surface area contributed by atoms with Gasteiger partial charge < -0.3 is 4.74 Å². The summed E-state index contributed by atoms with van der Waals surface area (Å²) < 4.78 is 5.53. The molecule has 0 aliphatic heterocycles. The van der Waals surface area contributed by atoms with Gasteiger partial charge in [0, 0.05) is 0 Å². The number of carbonyl (C=O) groups excluding carboxylic acids is 1. The average Bonchev–Trinajstić information content (AvgIpc) is 2.96. The summed E-state index contributed by atoms with van der Waals surface area (Å²) in [6.45, 7) is 11.2. The van der Waals surface area contributed by atoms with E-state index in [1.807, 2.05) is 12.1 Å². The predicted molar refractivity (Wildman–Crippen MR) is 97.6 cm³/mol. The molecule has 0 aliphatic carbocycles. The number of nitrogens with one attached hydrogen (secondary N) is 1. The second-order valence-corrected chi connectivity index (χ2v) is 8.56. The Morgan fingerprint density at radius 1 is 1.17 bits per heavy atom. The van der Waals surface area contributed by atoms with Crippen molar-refractivity contribution in [3.8, 4) is 5.75 Å². The SMILES string of the molecule is CC(C)(C)CC(C)(C)c1ccc(OCC(=O)Nc2nncs2)cc1. The van der Waals surface area contributed by atoms with E-state index >= 15 is 0 Å². The Morgan fingerprint density at radius 2 is 1.83 bits per heavy atom. The van der Waals surface area contributed by atoms with E-state index in [1.54, 1.807) is 5.51 Å². The van der Waals surface area contributed by atoms with Crippen LogP contribution >= 0.6 is 11.3 Å². The van der Waals surface area contributed by atoms with Gasteiger partial charge in [0.25, 0.3) is 5.91 Å². The van der Waals surface area contributed by atoms with Crippen molar-refractivity contribution in [2.45, 2.75) is 46.5 Å². The Labute approximate surface area is 147 Å². The Bertz CT molecular complexity index is 659. The van der Waals surface area contributed by atoms with E-state index in [0.29, 0.717) is 10.9 Å². The van der Waals surface area contributed by atoms with Crippen LogP contribution in [0.3, 0.4) is 0 Å². The Morgan fingerprint density at radius 3 is 2.38 bits per heavy atom. The first-order chi connectivity index (χ1) is 11.2. The summed E-state index contributed by atoms with van der Waals surface area (Å²) in [7, 11) is 0. The Kier molecular flexibility index (Phi) is 5.59. The minimum Gasteiger partial charge on any atom is -0.484 e. The Hall–Kier alpha value is -1.95. The molecule has 0 saturated carbocycles. The molecule has 5 nitrogen and oxygen atoms in total. The number of hydrogen-bond donors (Lipinski definition) is 1. The molecule has 1 amide bonds. The molecule has 0 saturated heterocycles. The van der Waals surface area contributed by atoms with Crippen molar-refractivity contribution in [3.05, 3.63) is 35.3 Å². The summed E-state index contributed by atoms with van der Waals surface area (Å²) in [6.07, 6.45) is 1.09. The number of ether oxygens (including phenoxy) is 1. The van der Waals surface area contributed by atoms with Crippen molar-refractivity contribution in [1.29, 1.82) is 0 Å². The highest BCUT2D eigenvalue weighted by Gasteiger charge is 2.27. The van der Waals surface area contributed by atoms with Gasteiger partial charge in [0.15, 0.2) is 6.61 Å². The van der Waals surface area contributed by atoms with Gasteiger partial charge >= 0.3 is 0 Å². The highest BCUT2D eigenvalue weighted by Crippen LogP contribution is 2.36. The zero-order chi connectivity index (χ0) is 17.8. The van der Waals surface area contributed by atoms with Gasteiger partial charge in [0.1, 0.15) is 11.3 Å². The van der Waals surface area contributed by atoms with Gasteiger partial charge in [-0.05, 0) is 34.9 Å². The van der Waals surface area contributed by atoms with Gasteiger partial charge in [-0.3, -0.25) is 10.1 Å².